The summed E-state index contributed by atoms with van der Waals surface area (Å²) in [6.45, 7) is 3.90. The number of pyridine rings is 1. The van der Waals surface area contributed by atoms with E-state index in [1.165, 1.54) is 9.70 Å². The van der Waals surface area contributed by atoms with Crippen LogP contribution >= 0.6 is 0 Å². The van der Waals surface area contributed by atoms with Crippen molar-refractivity contribution in [3.8, 4) is 11.4 Å². The van der Waals surface area contributed by atoms with Gasteiger partial charge in [0.15, 0.2) is 0 Å². The number of carbonyl (C=O) groups excluding carboxylic acids is 1. The fraction of sp³-hybridized carbons (Fsp3) is 0.235. The first-order valence-electron chi connectivity index (χ1n) is 7.58. The number of carbonyl (C=O) groups is 1. The van der Waals surface area contributed by atoms with Crippen LogP contribution in [0, 0.1) is 13.8 Å². The minimum atomic E-state index is -0.166. The first-order valence-corrected chi connectivity index (χ1v) is 7.58. The Bertz CT molecular complexity index is 856. The lowest BCUT2D eigenvalue weighted by molar-refractivity contribution is -0.119. The second-order valence-electron chi connectivity index (χ2n) is 5.60. The lowest BCUT2D eigenvalue weighted by Crippen LogP contribution is -2.31. The first kappa shape index (κ1) is 15.8. The van der Waals surface area contributed by atoms with Gasteiger partial charge in [-0.15, -0.1) is 10.2 Å². The molecule has 0 saturated heterocycles. The third kappa shape index (κ3) is 3.45. The van der Waals surface area contributed by atoms with Gasteiger partial charge in [0, 0.05) is 18.3 Å². The van der Waals surface area contributed by atoms with Gasteiger partial charge in [-0.25, -0.2) is 4.98 Å². The van der Waals surface area contributed by atoms with Crippen molar-refractivity contribution < 1.29 is 4.79 Å². The molecule has 0 N–H and O–H groups in total. The molecule has 3 aromatic rings. The van der Waals surface area contributed by atoms with Crippen LogP contribution in [-0.4, -0.2) is 38.1 Å². The second kappa shape index (κ2) is 6.57. The number of rotatable bonds is 4. The number of aromatic nitrogens is 5. The molecule has 0 aliphatic rings. The number of tetrazole rings is 1. The van der Waals surface area contributed by atoms with Crippen LogP contribution in [-0.2, 0) is 11.3 Å². The fourth-order valence-corrected chi connectivity index (χ4v) is 2.20. The summed E-state index contributed by atoms with van der Waals surface area (Å²) in [4.78, 5) is 19.5. The zero-order chi connectivity index (χ0) is 17.1. The van der Waals surface area contributed by atoms with E-state index >= 15 is 0 Å². The quantitative estimate of drug-likeness (QED) is 0.734. The van der Waals surface area contributed by atoms with Gasteiger partial charge >= 0.3 is 0 Å². The molecule has 0 fully saturated rings. The Labute approximate surface area is 139 Å². The van der Waals surface area contributed by atoms with E-state index in [2.05, 4.69) is 20.4 Å². The highest BCUT2D eigenvalue weighted by Crippen LogP contribution is 2.14. The largest absolute Gasteiger partial charge is 0.298 e. The van der Waals surface area contributed by atoms with Crippen molar-refractivity contribution in [2.45, 2.75) is 20.4 Å². The molecular formula is C17H18N6O. The molecule has 0 unspecified atom stereocenters. The number of amides is 1. The van der Waals surface area contributed by atoms with E-state index in [0.29, 0.717) is 11.6 Å². The Morgan fingerprint density at radius 3 is 2.58 bits per heavy atom. The van der Waals surface area contributed by atoms with Gasteiger partial charge in [-0.2, -0.15) is 4.80 Å². The summed E-state index contributed by atoms with van der Waals surface area (Å²) in [6, 6.07) is 13.4. The van der Waals surface area contributed by atoms with Gasteiger partial charge in [0.25, 0.3) is 5.91 Å². The monoisotopic (exact) mass is 322 g/mol. The number of nitrogens with zero attached hydrogens (tertiary/aromatic N) is 6. The van der Waals surface area contributed by atoms with Crippen molar-refractivity contribution in [3.05, 3.63) is 53.7 Å². The first-order chi connectivity index (χ1) is 11.5. The molecule has 1 aromatic carbocycles. The van der Waals surface area contributed by atoms with Crippen molar-refractivity contribution in [1.82, 2.24) is 25.2 Å². The standard InChI is InChI=1S/C17H18N6O/c1-12-7-9-14(10-8-12)17-19-21-23(20-17)11-16(24)22(3)15-6-4-5-13(2)18-15/h4-10H,11H2,1-3H3. The number of benzene rings is 1. The van der Waals surface area contributed by atoms with Crippen LogP contribution in [0.25, 0.3) is 11.4 Å². The average molecular weight is 322 g/mol. The number of likely N-dealkylation sites (N-methyl/N-ethyl adjacent to an activating group) is 1. The molecule has 2 aromatic heterocycles. The van der Waals surface area contributed by atoms with Gasteiger partial charge in [-0.1, -0.05) is 35.9 Å². The number of hydrogen-bond donors (Lipinski definition) is 0. The molecule has 3 rings (SSSR count). The van der Waals surface area contributed by atoms with E-state index in [-0.39, 0.29) is 12.5 Å². The van der Waals surface area contributed by atoms with Crippen LogP contribution in [0.2, 0.25) is 0 Å². The molecule has 1 amide bonds. The van der Waals surface area contributed by atoms with Crippen LogP contribution in [0.4, 0.5) is 5.82 Å². The maximum absolute atomic E-state index is 12.4. The topological polar surface area (TPSA) is 76.8 Å². The van der Waals surface area contributed by atoms with Crippen molar-refractivity contribution >= 4 is 11.7 Å². The number of anilines is 1. The van der Waals surface area contributed by atoms with Gasteiger partial charge in [0.2, 0.25) is 5.82 Å². The van der Waals surface area contributed by atoms with Crippen LogP contribution in [0.15, 0.2) is 42.5 Å². The maximum Gasteiger partial charge on any atom is 0.251 e. The summed E-state index contributed by atoms with van der Waals surface area (Å²) in [7, 11) is 1.68. The van der Waals surface area contributed by atoms with E-state index in [1.807, 2.05) is 50.2 Å². The van der Waals surface area contributed by atoms with Crippen molar-refractivity contribution in [2.24, 2.45) is 0 Å². The molecule has 2 heterocycles. The highest BCUT2D eigenvalue weighted by Gasteiger charge is 2.15. The zero-order valence-electron chi connectivity index (χ0n) is 13.8. The normalized spacial score (nSPS) is 10.6. The second-order valence-corrected chi connectivity index (χ2v) is 5.60. The Morgan fingerprint density at radius 2 is 1.88 bits per heavy atom. The van der Waals surface area contributed by atoms with E-state index in [4.69, 9.17) is 0 Å². The fourth-order valence-electron chi connectivity index (χ4n) is 2.20. The summed E-state index contributed by atoms with van der Waals surface area (Å²) in [5.41, 5.74) is 2.88. The van der Waals surface area contributed by atoms with Gasteiger partial charge < -0.3 is 0 Å². The lowest BCUT2D eigenvalue weighted by Gasteiger charge is -2.15. The summed E-state index contributed by atoms with van der Waals surface area (Å²) in [5.74, 6) is 0.930. The van der Waals surface area contributed by atoms with E-state index in [9.17, 15) is 4.79 Å². The van der Waals surface area contributed by atoms with E-state index < -0.39 is 0 Å². The van der Waals surface area contributed by atoms with Crippen molar-refractivity contribution in [2.75, 3.05) is 11.9 Å². The molecule has 0 radical (unpaired) electrons. The molecule has 0 aliphatic carbocycles. The summed E-state index contributed by atoms with van der Waals surface area (Å²) in [5, 5.41) is 12.2. The van der Waals surface area contributed by atoms with Gasteiger partial charge in [0.1, 0.15) is 12.4 Å². The third-order valence-electron chi connectivity index (χ3n) is 3.63. The van der Waals surface area contributed by atoms with Crippen molar-refractivity contribution in [3.63, 3.8) is 0 Å². The molecular weight excluding hydrogens is 304 g/mol. The summed E-state index contributed by atoms with van der Waals surface area (Å²) < 4.78 is 0. The third-order valence-corrected chi connectivity index (χ3v) is 3.63. The van der Waals surface area contributed by atoms with Crippen LogP contribution < -0.4 is 4.90 Å². The van der Waals surface area contributed by atoms with Crippen LogP contribution in [0.5, 0.6) is 0 Å². The zero-order valence-corrected chi connectivity index (χ0v) is 13.8. The average Bonchev–Trinajstić information content (AvgIpc) is 3.03. The highest BCUT2D eigenvalue weighted by molar-refractivity contribution is 5.91. The predicted molar refractivity (Wildman–Crippen MR) is 90.4 cm³/mol. The number of hydrogen-bond acceptors (Lipinski definition) is 5. The van der Waals surface area contributed by atoms with Gasteiger partial charge in [-0.05, 0) is 31.2 Å². The lowest BCUT2D eigenvalue weighted by atomic mass is 10.1. The Hall–Kier alpha value is -3.09. The van der Waals surface area contributed by atoms with Crippen molar-refractivity contribution in [1.29, 1.82) is 0 Å². The van der Waals surface area contributed by atoms with Crippen LogP contribution in [0.3, 0.4) is 0 Å². The summed E-state index contributed by atoms with van der Waals surface area (Å²) >= 11 is 0. The molecule has 0 spiro atoms. The molecule has 0 aliphatic heterocycles. The highest BCUT2D eigenvalue weighted by atomic mass is 16.2. The van der Waals surface area contributed by atoms with Crippen LogP contribution in [0.1, 0.15) is 11.3 Å². The minimum absolute atomic E-state index is 0.00494. The Kier molecular flexibility index (Phi) is 4.33. The molecule has 122 valence electrons. The smallest absolute Gasteiger partial charge is 0.251 e. The molecule has 0 bridgehead atoms. The molecule has 0 saturated carbocycles. The summed E-state index contributed by atoms with van der Waals surface area (Å²) in [6.07, 6.45) is 0. The van der Waals surface area contributed by atoms with E-state index in [0.717, 1.165) is 16.8 Å². The molecule has 24 heavy (non-hydrogen) atoms. The van der Waals surface area contributed by atoms with Gasteiger partial charge in [0.05, 0.1) is 0 Å². The Balaban J connectivity index is 1.72. The van der Waals surface area contributed by atoms with E-state index in [1.54, 1.807) is 13.1 Å². The SMILES string of the molecule is Cc1ccc(-c2nnn(CC(=O)N(C)c3cccc(C)n3)n2)cc1. The predicted octanol–water partition coefficient (Wildman–Crippen LogP) is 2.01. The maximum atomic E-state index is 12.4. The minimum Gasteiger partial charge on any atom is -0.298 e. The molecule has 7 heteroatoms. The molecule has 7 nitrogen and oxygen atoms in total. The number of aryl methyl sites for hydroxylation is 2. The molecule has 0 atom stereocenters. The Morgan fingerprint density at radius 1 is 1.12 bits per heavy atom. The van der Waals surface area contributed by atoms with Gasteiger partial charge in [-0.3, -0.25) is 9.69 Å².